The van der Waals surface area contributed by atoms with Gasteiger partial charge in [-0.15, -0.1) is 0 Å². The lowest BCUT2D eigenvalue weighted by molar-refractivity contribution is 0.0250. The fraction of sp³-hybridized carbons (Fsp3) is 1.00. The SMILES string of the molecule is CSC1(CNCC2(O)CCCCCC2)CCCC1. The maximum Gasteiger partial charge on any atom is 0.0771 e. The zero-order valence-electron chi connectivity index (χ0n) is 11.8. The monoisotopic (exact) mass is 271 g/mol. The molecule has 2 fully saturated rings. The Bertz CT molecular complexity index is 243. The van der Waals surface area contributed by atoms with Crippen LogP contribution in [0.15, 0.2) is 0 Å². The van der Waals surface area contributed by atoms with Gasteiger partial charge in [-0.05, 0) is 31.9 Å². The van der Waals surface area contributed by atoms with Crippen LogP contribution >= 0.6 is 11.8 Å². The van der Waals surface area contributed by atoms with Crippen molar-refractivity contribution in [1.29, 1.82) is 0 Å². The molecule has 106 valence electrons. The van der Waals surface area contributed by atoms with Gasteiger partial charge in [0.1, 0.15) is 0 Å². The minimum Gasteiger partial charge on any atom is -0.389 e. The summed E-state index contributed by atoms with van der Waals surface area (Å²) in [5.41, 5.74) is -0.422. The first kappa shape index (κ1) is 14.7. The van der Waals surface area contributed by atoms with Gasteiger partial charge in [0.15, 0.2) is 0 Å². The normalized spacial score (nSPS) is 27.0. The van der Waals surface area contributed by atoms with Crippen molar-refractivity contribution in [2.75, 3.05) is 19.3 Å². The van der Waals surface area contributed by atoms with Crippen LogP contribution in [-0.4, -0.2) is 34.8 Å². The lowest BCUT2D eigenvalue weighted by Gasteiger charge is -2.31. The van der Waals surface area contributed by atoms with E-state index in [1.54, 1.807) is 0 Å². The Kier molecular flexibility index (Phi) is 5.40. The van der Waals surface area contributed by atoms with Crippen LogP contribution in [-0.2, 0) is 0 Å². The van der Waals surface area contributed by atoms with Crippen LogP contribution < -0.4 is 5.32 Å². The molecule has 2 aliphatic rings. The van der Waals surface area contributed by atoms with Gasteiger partial charge in [-0.3, -0.25) is 0 Å². The van der Waals surface area contributed by atoms with E-state index in [-0.39, 0.29) is 0 Å². The molecule has 0 aromatic carbocycles. The topological polar surface area (TPSA) is 32.3 Å². The van der Waals surface area contributed by atoms with E-state index in [1.165, 1.54) is 51.4 Å². The van der Waals surface area contributed by atoms with E-state index in [1.807, 2.05) is 11.8 Å². The third-order valence-corrected chi connectivity index (χ3v) is 6.30. The third kappa shape index (κ3) is 3.88. The Hall–Kier alpha value is 0.270. The average molecular weight is 271 g/mol. The molecule has 0 bridgehead atoms. The van der Waals surface area contributed by atoms with E-state index in [0.717, 1.165) is 25.9 Å². The van der Waals surface area contributed by atoms with Crippen LogP contribution in [0.5, 0.6) is 0 Å². The largest absolute Gasteiger partial charge is 0.389 e. The molecule has 2 rings (SSSR count). The molecule has 0 aromatic heterocycles. The minimum absolute atomic E-state index is 0.422. The minimum atomic E-state index is -0.422. The van der Waals surface area contributed by atoms with Gasteiger partial charge in [-0.1, -0.05) is 38.5 Å². The zero-order valence-corrected chi connectivity index (χ0v) is 12.7. The Balaban J connectivity index is 1.76. The standard InChI is InChI=1S/C15H29NOS/c1-18-15(10-6-7-11-15)13-16-12-14(17)8-4-2-3-5-9-14/h16-17H,2-13H2,1H3. The highest BCUT2D eigenvalue weighted by Crippen LogP contribution is 2.39. The number of nitrogens with one attached hydrogen (secondary N) is 1. The Morgan fingerprint density at radius 2 is 1.44 bits per heavy atom. The smallest absolute Gasteiger partial charge is 0.0771 e. The summed E-state index contributed by atoms with van der Waals surface area (Å²) in [7, 11) is 0. The van der Waals surface area contributed by atoms with Crippen LogP contribution in [0.2, 0.25) is 0 Å². The summed E-state index contributed by atoms with van der Waals surface area (Å²) < 4.78 is 0.459. The molecule has 2 N–H and O–H groups in total. The quantitative estimate of drug-likeness (QED) is 0.752. The van der Waals surface area contributed by atoms with Gasteiger partial charge in [-0.25, -0.2) is 0 Å². The summed E-state index contributed by atoms with van der Waals surface area (Å²) in [5, 5.41) is 14.2. The van der Waals surface area contributed by atoms with E-state index in [2.05, 4.69) is 11.6 Å². The van der Waals surface area contributed by atoms with Gasteiger partial charge in [0.2, 0.25) is 0 Å². The number of rotatable bonds is 5. The van der Waals surface area contributed by atoms with Crippen molar-refractivity contribution < 1.29 is 5.11 Å². The second kappa shape index (κ2) is 6.62. The van der Waals surface area contributed by atoms with Gasteiger partial charge in [0, 0.05) is 17.8 Å². The second-order valence-electron chi connectivity index (χ2n) is 6.34. The highest BCUT2D eigenvalue weighted by molar-refractivity contribution is 8.00. The molecule has 0 aromatic rings. The molecule has 18 heavy (non-hydrogen) atoms. The molecule has 0 spiro atoms. The van der Waals surface area contributed by atoms with Crippen molar-refractivity contribution in [2.45, 2.75) is 74.6 Å². The molecule has 0 radical (unpaired) electrons. The number of hydrogen-bond acceptors (Lipinski definition) is 3. The maximum atomic E-state index is 10.6. The Morgan fingerprint density at radius 1 is 0.889 bits per heavy atom. The highest BCUT2D eigenvalue weighted by Gasteiger charge is 2.34. The first-order chi connectivity index (χ1) is 8.68. The molecular weight excluding hydrogens is 242 g/mol. The lowest BCUT2D eigenvalue weighted by Crippen LogP contribution is -2.45. The van der Waals surface area contributed by atoms with E-state index in [9.17, 15) is 5.11 Å². The first-order valence-electron chi connectivity index (χ1n) is 7.66. The average Bonchev–Trinajstić information content (AvgIpc) is 2.73. The molecule has 0 atom stereocenters. The van der Waals surface area contributed by atoms with Crippen molar-refractivity contribution in [2.24, 2.45) is 0 Å². The highest BCUT2D eigenvalue weighted by atomic mass is 32.2. The molecule has 2 aliphatic carbocycles. The van der Waals surface area contributed by atoms with Crippen molar-refractivity contribution >= 4 is 11.8 Å². The summed E-state index contributed by atoms with van der Waals surface area (Å²) in [5.74, 6) is 0. The van der Waals surface area contributed by atoms with Gasteiger partial charge in [0.25, 0.3) is 0 Å². The number of aliphatic hydroxyl groups is 1. The molecule has 3 heteroatoms. The molecule has 0 aliphatic heterocycles. The van der Waals surface area contributed by atoms with Crippen LogP contribution in [0.3, 0.4) is 0 Å². The summed E-state index contributed by atoms with van der Waals surface area (Å²) in [4.78, 5) is 0. The predicted molar refractivity (Wildman–Crippen MR) is 80.2 cm³/mol. The van der Waals surface area contributed by atoms with Crippen LogP contribution in [0.25, 0.3) is 0 Å². The molecule has 0 amide bonds. The Morgan fingerprint density at radius 3 is 2.00 bits per heavy atom. The predicted octanol–water partition coefficient (Wildman–Crippen LogP) is 3.34. The maximum absolute atomic E-state index is 10.6. The molecule has 0 heterocycles. The molecule has 2 nitrogen and oxygen atoms in total. The summed E-state index contributed by atoms with van der Waals surface area (Å²) in [6, 6.07) is 0. The van der Waals surface area contributed by atoms with Gasteiger partial charge in [0.05, 0.1) is 5.60 Å². The first-order valence-corrected chi connectivity index (χ1v) is 8.89. The van der Waals surface area contributed by atoms with E-state index < -0.39 is 5.60 Å². The van der Waals surface area contributed by atoms with E-state index in [4.69, 9.17) is 0 Å². The van der Waals surface area contributed by atoms with Crippen molar-refractivity contribution in [1.82, 2.24) is 5.32 Å². The lowest BCUT2D eigenvalue weighted by atomic mass is 9.94. The number of hydrogen-bond donors (Lipinski definition) is 2. The molecule has 0 saturated heterocycles. The third-order valence-electron chi connectivity index (χ3n) is 4.88. The number of thioether (sulfide) groups is 1. The van der Waals surface area contributed by atoms with Crippen LogP contribution in [0, 0.1) is 0 Å². The zero-order chi connectivity index (χ0) is 12.9. The fourth-order valence-corrected chi connectivity index (χ4v) is 4.50. The fourth-order valence-electron chi connectivity index (χ4n) is 3.56. The van der Waals surface area contributed by atoms with E-state index in [0.29, 0.717) is 4.75 Å². The molecule has 2 saturated carbocycles. The summed E-state index contributed by atoms with van der Waals surface area (Å²) in [6.07, 6.45) is 14.7. The second-order valence-corrected chi connectivity index (χ2v) is 7.61. The van der Waals surface area contributed by atoms with Crippen molar-refractivity contribution in [3.05, 3.63) is 0 Å². The van der Waals surface area contributed by atoms with Gasteiger partial charge < -0.3 is 10.4 Å². The van der Waals surface area contributed by atoms with Crippen molar-refractivity contribution in [3.63, 3.8) is 0 Å². The van der Waals surface area contributed by atoms with Crippen molar-refractivity contribution in [3.8, 4) is 0 Å². The summed E-state index contributed by atoms with van der Waals surface area (Å²) in [6.45, 7) is 1.88. The van der Waals surface area contributed by atoms with E-state index >= 15 is 0 Å². The summed E-state index contributed by atoms with van der Waals surface area (Å²) >= 11 is 2.03. The molecule has 0 unspecified atom stereocenters. The van der Waals surface area contributed by atoms with Gasteiger partial charge in [-0.2, -0.15) is 11.8 Å². The van der Waals surface area contributed by atoms with Crippen LogP contribution in [0.4, 0.5) is 0 Å². The van der Waals surface area contributed by atoms with Gasteiger partial charge >= 0.3 is 0 Å². The van der Waals surface area contributed by atoms with Crippen LogP contribution in [0.1, 0.15) is 64.2 Å². The Labute approximate surface area is 116 Å². The molecular formula is C15H29NOS.